The fraction of sp³-hybridized carbons (Fsp3) is 0.429. The van der Waals surface area contributed by atoms with Crippen molar-refractivity contribution in [2.45, 2.75) is 18.9 Å². The number of hydrogen-bond acceptors (Lipinski definition) is 2. The second-order valence-corrected chi connectivity index (χ2v) is 5.49. The number of carbonyl (C=O) groups is 2. The van der Waals surface area contributed by atoms with Crippen molar-refractivity contribution in [3.8, 4) is 0 Å². The second kappa shape index (κ2) is 4.85. The molecule has 100 valence electrons. The van der Waals surface area contributed by atoms with Crippen LogP contribution in [0.1, 0.15) is 23.2 Å². The van der Waals surface area contributed by atoms with E-state index in [1.165, 1.54) is 0 Å². The van der Waals surface area contributed by atoms with Crippen LogP contribution in [0.3, 0.4) is 0 Å². The largest absolute Gasteiger partial charge is 0.336 e. The first-order chi connectivity index (χ1) is 9.15. The van der Waals surface area contributed by atoms with E-state index in [2.05, 4.69) is 0 Å². The van der Waals surface area contributed by atoms with Gasteiger partial charge in [-0.15, -0.1) is 0 Å². The highest BCUT2D eigenvalue weighted by atomic mass is 35.5. The van der Waals surface area contributed by atoms with E-state index in [-0.39, 0.29) is 18.4 Å². The predicted octanol–water partition coefficient (Wildman–Crippen LogP) is 1.79. The van der Waals surface area contributed by atoms with E-state index < -0.39 is 0 Å². The van der Waals surface area contributed by atoms with Crippen LogP contribution in [0.15, 0.2) is 24.3 Å². The van der Waals surface area contributed by atoms with E-state index in [0.29, 0.717) is 29.7 Å². The monoisotopic (exact) mass is 278 g/mol. The Balaban J connectivity index is 1.70. The lowest BCUT2D eigenvalue weighted by Gasteiger charge is -2.34. The van der Waals surface area contributed by atoms with Crippen molar-refractivity contribution in [1.82, 2.24) is 9.80 Å². The molecular weight excluding hydrogens is 264 g/mol. The first-order valence-electron chi connectivity index (χ1n) is 6.49. The zero-order chi connectivity index (χ0) is 13.4. The molecule has 1 aliphatic heterocycles. The summed E-state index contributed by atoms with van der Waals surface area (Å²) in [5, 5.41) is 0.536. The maximum Gasteiger partial charge on any atom is 0.254 e. The van der Waals surface area contributed by atoms with E-state index in [1.54, 1.807) is 29.2 Å². The van der Waals surface area contributed by atoms with Crippen LogP contribution in [0.4, 0.5) is 0 Å². The van der Waals surface area contributed by atoms with Gasteiger partial charge in [-0.2, -0.15) is 0 Å². The molecule has 1 aromatic carbocycles. The molecular formula is C14H15ClN2O2. The van der Waals surface area contributed by atoms with Gasteiger partial charge in [0.1, 0.15) is 6.54 Å². The normalized spacial score (nSPS) is 19.7. The van der Waals surface area contributed by atoms with Crippen molar-refractivity contribution in [3.05, 3.63) is 34.9 Å². The Kier molecular flexibility index (Phi) is 3.19. The molecule has 0 unspecified atom stereocenters. The smallest absolute Gasteiger partial charge is 0.254 e. The molecule has 1 saturated heterocycles. The maximum atomic E-state index is 12.3. The summed E-state index contributed by atoms with van der Waals surface area (Å²) in [6, 6.07) is 7.27. The van der Waals surface area contributed by atoms with Gasteiger partial charge in [0.25, 0.3) is 5.91 Å². The third kappa shape index (κ3) is 2.59. The van der Waals surface area contributed by atoms with Crippen molar-refractivity contribution >= 4 is 23.4 Å². The topological polar surface area (TPSA) is 40.6 Å². The first kappa shape index (κ1) is 12.5. The lowest BCUT2D eigenvalue weighted by molar-refractivity contribution is -0.135. The molecule has 1 aliphatic carbocycles. The van der Waals surface area contributed by atoms with E-state index in [1.807, 2.05) is 4.90 Å². The highest BCUT2D eigenvalue weighted by Crippen LogP contribution is 2.28. The Labute approximate surface area is 116 Å². The molecule has 2 fully saturated rings. The quantitative estimate of drug-likeness (QED) is 0.827. The average molecular weight is 279 g/mol. The van der Waals surface area contributed by atoms with Crippen LogP contribution in [0, 0.1) is 0 Å². The molecule has 5 heteroatoms. The summed E-state index contributed by atoms with van der Waals surface area (Å²) in [6.07, 6.45) is 2.21. The van der Waals surface area contributed by atoms with Crippen LogP contribution in [-0.4, -0.2) is 47.3 Å². The Morgan fingerprint density at radius 1 is 1.26 bits per heavy atom. The molecule has 0 bridgehead atoms. The van der Waals surface area contributed by atoms with Gasteiger partial charge in [-0.25, -0.2) is 0 Å². The summed E-state index contributed by atoms with van der Waals surface area (Å²) < 4.78 is 0. The average Bonchev–Trinajstić information content (AvgIpc) is 3.22. The fourth-order valence-electron chi connectivity index (χ4n) is 2.44. The Morgan fingerprint density at radius 3 is 2.68 bits per heavy atom. The van der Waals surface area contributed by atoms with Gasteiger partial charge >= 0.3 is 0 Å². The Morgan fingerprint density at radius 2 is 2.05 bits per heavy atom. The molecule has 2 amide bonds. The van der Waals surface area contributed by atoms with Crippen molar-refractivity contribution in [3.63, 3.8) is 0 Å². The zero-order valence-corrected chi connectivity index (χ0v) is 11.3. The Bertz CT molecular complexity index is 528. The molecule has 0 atom stereocenters. The molecule has 0 N–H and O–H groups in total. The molecule has 1 saturated carbocycles. The van der Waals surface area contributed by atoms with Gasteiger partial charge in [0.05, 0.1) is 0 Å². The minimum Gasteiger partial charge on any atom is -0.336 e. The number of carbonyl (C=O) groups excluding carboxylic acids is 2. The van der Waals surface area contributed by atoms with E-state index in [0.717, 1.165) is 12.8 Å². The fourth-order valence-corrected chi connectivity index (χ4v) is 2.63. The minimum atomic E-state index is -0.119. The molecule has 19 heavy (non-hydrogen) atoms. The molecule has 2 aliphatic rings. The van der Waals surface area contributed by atoms with Gasteiger partial charge in [0, 0.05) is 29.7 Å². The van der Waals surface area contributed by atoms with Crippen molar-refractivity contribution in [2.75, 3.05) is 19.6 Å². The summed E-state index contributed by atoms with van der Waals surface area (Å²) in [7, 11) is 0. The number of rotatable bonds is 2. The van der Waals surface area contributed by atoms with Crippen LogP contribution < -0.4 is 0 Å². The number of benzene rings is 1. The number of amides is 2. The first-order valence-corrected chi connectivity index (χ1v) is 6.87. The number of piperazine rings is 1. The van der Waals surface area contributed by atoms with Gasteiger partial charge in [-0.3, -0.25) is 9.59 Å². The standard InChI is InChI=1S/C14H15ClN2O2/c15-11-3-1-2-10(8-11)14(19)16-6-7-17(12-4-5-12)13(18)9-16/h1-3,8,12H,4-7,9H2. The molecule has 1 aromatic rings. The van der Waals surface area contributed by atoms with Gasteiger partial charge in [0.15, 0.2) is 0 Å². The minimum absolute atomic E-state index is 0.0594. The van der Waals surface area contributed by atoms with Crippen molar-refractivity contribution in [2.24, 2.45) is 0 Å². The Hall–Kier alpha value is -1.55. The highest BCUT2D eigenvalue weighted by molar-refractivity contribution is 6.30. The van der Waals surface area contributed by atoms with Gasteiger partial charge < -0.3 is 9.80 Å². The number of hydrogen-bond donors (Lipinski definition) is 0. The third-order valence-electron chi connectivity index (χ3n) is 3.60. The van der Waals surface area contributed by atoms with E-state index >= 15 is 0 Å². The summed E-state index contributed by atoms with van der Waals surface area (Å²) in [6.45, 7) is 1.44. The van der Waals surface area contributed by atoms with E-state index in [9.17, 15) is 9.59 Å². The van der Waals surface area contributed by atoms with Crippen LogP contribution in [0.25, 0.3) is 0 Å². The van der Waals surface area contributed by atoms with Crippen LogP contribution >= 0.6 is 11.6 Å². The SMILES string of the molecule is O=C(c1cccc(Cl)c1)N1CCN(C2CC2)C(=O)C1. The number of nitrogens with zero attached hydrogens (tertiary/aromatic N) is 2. The van der Waals surface area contributed by atoms with Crippen molar-refractivity contribution < 1.29 is 9.59 Å². The maximum absolute atomic E-state index is 12.3. The lowest BCUT2D eigenvalue weighted by Crippen LogP contribution is -2.52. The number of halogens is 1. The van der Waals surface area contributed by atoms with Crippen LogP contribution in [0.2, 0.25) is 5.02 Å². The lowest BCUT2D eigenvalue weighted by atomic mass is 10.2. The molecule has 0 aromatic heterocycles. The molecule has 0 spiro atoms. The molecule has 4 nitrogen and oxygen atoms in total. The summed E-state index contributed by atoms with van der Waals surface area (Å²) >= 11 is 5.88. The summed E-state index contributed by atoms with van der Waals surface area (Å²) in [4.78, 5) is 27.8. The molecule has 3 rings (SSSR count). The third-order valence-corrected chi connectivity index (χ3v) is 3.84. The van der Waals surface area contributed by atoms with Crippen molar-refractivity contribution in [1.29, 1.82) is 0 Å². The van der Waals surface area contributed by atoms with Gasteiger partial charge in [-0.05, 0) is 31.0 Å². The predicted molar refractivity (Wildman–Crippen MR) is 72.1 cm³/mol. The summed E-state index contributed by atoms with van der Waals surface area (Å²) in [5.74, 6) is -0.0598. The highest BCUT2D eigenvalue weighted by Gasteiger charge is 2.36. The zero-order valence-electron chi connectivity index (χ0n) is 10.5. The second-order valence-electron chi connectivity index (χ2n) is 5.06. The van der Waals surface area contributed by atoms with Crippen LogP contribution in [-0.2, 0) is 4.79 Å². The molecule has 1 heterocycles. The van der Waals surface area contributed by atoms with E-state index in [4.69, 9.17) is 11.6 Å². The van der Waals surface area contributed by atoms with Crippen LogP contribution in [0.5, 0.6) is 0 Å². The molecule has 0 radical (unpaired) electrons. The van der Waals surface area contributed by atoms with Gasteiger partial charge in [-0.1, -0.05) is 17.7 Å². The summed E-state index contributed by atoms with van der Waals surface area (Å²) in [5.41, 5.74) is 0.542. The van der Waals surface area contributed by atoms with Gasteiger partial charge in [0.2, 0.25) is 5.91 Å².